The van der Waals surface area contributed by atoms with Crippen LogP contribution in [0.1, 0.15) is 42.9 Å². The van der Waals surface area contributed by atoms with Crippen LogP contribution in [0.15, 0.2) is 33.8 Å². The number of fused-ring (bicyclic) bond motifs is 3. The lowest BCUT2D eigenvalue weighted by Gasteiger charge is -2.15. The number of carbonyl (C=O) groups is 1. The molecule has 0 saturated carbocycles. The molecule has 2 aliphatic rings. The second kappa shape index (κ2) is 12.6. The van der Waals surface area contributed by atoms with E-state index < -0.39 is 0 Å². The molecule has 0 bridgehead atoms. The highest BCUT2D eigenvalue weighted by Gasteiger charge is 2.34. The largest absolute Gasteiger partial charge is 0.462 e. The van der Waals surface area contributed by atoms with Crippen molar-refractivity contribution in [3.63, 3.8) is 0 Å². The summed E-state index contributed by atoms with van der Waals surface area (Å²) in [4.78, 5) is 15.0. The van der Waals surface area contributed by atoms with E-state index in [9.17, 15) is 4.79 Å². The molecular formula is C23H29BrN3O6S2+. The fourth-order valence-corrected chi connectivity index (χ4v) is 6.30. The standard InChI is InChI=1S/C23H28BrN3O6S2/c1-3-25-11-13-34-21(25)7-6-16-8-10-27-20-15-18(24)17(23(28)30-4-2)14-19(20)26(22(16)27)9-5-12-31-35-33-32-29/h6-7,14-15H,3-5,8-13H2,1-2H3/p+1. The van der Waals surface area contributed by atoms with Gasteiger partial charge in [0, 0.05) is 53.9 Å². The molecule has 2 aliphatic heterocycles. The molecule has 1 saturated heterocycles. The van der Waals surface area contributed by atoms with Crippen molar-refractivity contribution >= 4 is 62.6 Å². The molecule has 1 N–H and O–H groups in total. The van der Waals surface area contributed by atoms with Crippen molar-refractivity contribution in [3.8, 4) is 0 Å². The lowest BCUT2D eigenvalue weighted by molar-refractivity contribution is -0.664. The van der Waals surface area contributed by atoms with E-state index in [0.29, 0.717) is 44.1 Å². The van der Waals surface area contributed by atoms with Gasteiger partial charge in [0.15, 0.2) is 23.4 Å². The SMILES string of the molecule is CCOC(=O)c1cc2c(cc1Br)[n+]1c(n2CCCOSOOO)C(=CC=C2SCCN2CC)CC1. The van der Waals surface area contributed by atoms with Crippen LogP contribution in [0.3, 0.4) is 0 Å². The number of hydrogen-bond donors (Lipinski definition) is 1. The Kier molecular flexibility index (Phi) is 9.56. The number of hydrogen-bond acceptors (Lipinski definition) is 9. The number of esters is 1. The summed E-state index contributed by atoms with van der Waals surface area (Å²) in [6, 6.07) is 3.91. The van der Waals surface area contributed by atoms with Gasteiger partial charge in [-0.2, -0.15) is 0 Å². The number of aryl methyl sites for hydroxylation is 2. The predicted molar refractivity (Wildman–Crippen MR) is 139 cm³/mol. The maximum absolute atomic E-state index is 12.6. The molecule has 0 unspecified atom stereocenters. The molecule has 0 atom stereocenters. The summed E-state index contributed by atoms with van der Waals surface area (Å²) in [7, 11) is 0. The number of rotatable bonds is 11. The first-order chi connectivity index (χ1) is 17.1. The molecule has 2 aromatic rings. The van der Waals surface area contributed by atoms with Crippen molar-refractivity contribution in [2.45, 2.75) is 39.8 Å². The van der Waals surface area contributed by atoms with Gasteiger partial charge in [-0.15, -0.1) is 16.1 Å². The van der Waals surface area contributed by atoms with Crippen LogP contribution in [0, 0.1) is 0 Å². The first-order valence-corrected chi connectivity index (χ1v) is 14.0. The summed E-state index contributed by atoms with van der Waals surface area (Å²) >= 11 is 6.05. The smallest absolute Gasteiger partial charge is 0.339 e. The minimum atomic E-state index is -0.349. The molecule has 3 heterocycles. The zero-order valence-electron chi connectivity index (χ0n) is 19.7. The molecule has 0 amide bonds. The van der Waals surface area contributed by atoms with Gasteiger partial charge in [0.25, 0.3) is 5.82 Å². The zero-order valence-corrected chi connectivity index (χ0v) is 22.9. The highest BCUT2D eigenvalue weighted by Crippen LogP contribution is 2.33. The quantitative estimate of drug-likeness (QED) is 0.0980. The maximum Gasteiger partial charge on any atom is 0.339 e. The van der Waals surface area contributed by atoms with E-state index in [1.807, 2.05) is 23.9 Å². The Bertz CT molecular complexity index is 1140. The number of imidazole rings is 1. The lowest BCUT2D eigenvalue weighted by Crippen LogP contribution is -2.32. The van der Waals surface area contributed by atoms with E-state index in [-0.39, 0.29) is 5.97 Å². The molecular weight excluding hydrogens is 558 g/mol. The summed E-state index contributed by atoms with van der Waals surface area (Å²) in [5.74, 6) is 1.91. The van der Waals surface area contributed by atoms with Crippen LogP contribution < -0.4 is 4.57 Å². The van der Waals surface area contributed by atoms with E-state index in [2.05, 4.69) is 58.4 Å². The molecule has 1 fully saturated rings. The number of benzene rings is 1. The Labute approximate surface area is 221 Å². The van der Waals surface area contributed by atoms with Crippen molar-refractivity contribution in [1.29, 1.82) is 0 Å². The van der Waals surface area contributed by atoms with Gasteiger partial charge >= 0.3 is 5.97 Å². The van der Waals surface area contributed by atoms with Gasteiger partial charge in [0.1, 0.15) is 0 Å². The van der Waals surface area contributed by atoms with E-state index >= 15 is 0 Å². The molecule has 1 aromatic heterocycles. The van der Waals surface area contributed by atoms with E-state index in [0.717, 1.165) is 53.1 Å². The van der Waals surface area contributed by atoms with Gasteiger partial charge < -0.3 is 9.64 Å². The lowest BCUT2D eigenvalue weighted by atomic mass is 10.1. The van der Waals surface area contributed by atoms with E-state index in [1.54, 1.807) is 6.92 Å². The van der Waals surface area contributed by atoms with Crippen LogP contribution >= 0.6 is 40.0 Å². The van der Waals surface area contributed by atoms with Gasteiger partial charge in [-0.05, 0) is 41.9 Å². The van der Waals surface area contributed by atoms with Crippen molar-refractivity contribution in [2.24, 2.45) is 0 Å². The zero-order chi connectivity index (χ0) is 24.8. The van der Waals surface area contributed by atoms with Crippen LogP contribution in [0.4, 0.5) is 0 Å². The van der Waals surface area contributed by atoms with E-state index in [1.165, 1.54) is 10.6 Å². The van der Waals surface area contributed by atoms with Gasteiger partial charge in [-0.25, -0.2) is 19.2 Å². The maximum atomic E-state index is 12.6. The molecule has 9 nitrogen and oxygen atoms in total. The van der Waals surface area contributed by atoms with Crippen LogP contribution in [0.2, 0.25) is 0 Å². The second-order valence-electron chi connectivity index (χ2n) is 7.93. The Balaban J connectivity index is 1.71. The van der Waals surface area contributed by atoms with Crippen molar-refractivity contribution in [3.05, 3.63) is 45.2 Å². The predicted octanol–water partition coefficient (Wildman–Crippen LogP) is 4.96. The molecule has 12 heteroatoms. The number of allylic oxidation sites excluding steroid dienone is 3. The molecule has 1 aromatic carbocycles. The number of thioether (sulfide) groups is 1. The minimum Gasteiger partial charge on any atom is -0.462 e. The first-order valence-electron chi connectivity index (χ1n) is 11.6. The summed E-state index contributed by atoms with van der Waals surface area (Å²) in [6.07, 6.45) is 6.11. The monoisotopic (exact) mass is 586 g/mol. The number of ether oxygens (including phenoxy) is 1. The van der Waals surface area contributed by atoms with Crippen molar-refractivity contribution in [1.82, 2.24) is 9.47 Å². The minimum absolute atomic E-state index is 0.318. The summed E-state index contributed by atoms with van der Waals surface area (Å²) in [5.41, 5.74) is 3.80. The number of carbonyl (C=O) groups excluding carboxylic acids is 1. The molecule has 190 valence electrons. The van der Waals surface area contributed by atoms with Gasteiger partial charge in [-0.1, -0.05) is 5.04 Å². The molecule has 0 radical (unpaired) electrons. The number of nitrogens with zero attached hydrogens (tertiary/aromatic N) is 3. The molecule has 4 rings (SSSR count). The second-order valence-corrected chi connectivity index (χ2v) is 10.4. The molecule has 0 aliphatic carbocycles. The summed E-state index contributed by atoms with van der Waals surface area (Å²) < 4.78 is 20.1. The Morgan fingerprint density at radius 1 is 1.34 bits per heavy atom. The van der Waals surface area contributed by atoms with Crippen molar-refractivity contribution in [2.75, 3.05) is 32.1 Å². The summed E-state index contributed by atoms with van der Waals surface area (Å²) in [5, 5.41) is 13.1. The molecule has 35 heavy (non-hydrogen) atoms. The first kappa shape index (κ1) is 26.5. The van der Waals surface area contributed by atoms with E-state index in [4.69, 9.17) is 14.2 Å². The average Bonchev–Trinajstić information content (AvgIpc) is 3.55. The third kappa shape index (κ3) is 5.90. The summed E-state index contributed by atoms with van der Waals surface area (Å²) in [6.45, 7) is 8.34. The fraction of sp³-hybridized carbons (Fsp3) is 0.478. The normalized spacial score (nSPS) is 17.8. The Morgan fingerprint density at radius 3 is 2.97 bits per heavy atom. The number of halogens is 1. The number of aromatic nitrogens is 2. The Morgan fingerprint density at radius 2 is 2.20 bits per heavy atom. The Hall–Kier alpha value is -1.54. The topological polar surface area (TPSA) is 86.3 Å². The third-order valence-corrected chi connectivity index (χ3v) is 8.10. The van der Waals surface area contributed by atoms with Crippen molar-refractivity contribution < 1.29 is 32.9 Å². The van der Waals surface area contributed by atoms with Crippen LogP contribution in [0.5, 0.6) is 0 Å². The molecule has 0 spiro atoms. The highest BCUT2D eigenvalue weighted by molar-refractivity contribution is 9.10. The van der Waals surface area contributed by atoms with Crippen LogP contribution in [-0.2, 0) is 31.4 Å². The van der Waals surface area contributed by atoms with Crippen LogP contribution in [-0.4, -0.2) is 52.7 Å². The third-order valence-electron chi connectivity index (χ3n) is 5.99. The van der Waals surface area contributed by atoms with Crippen LogP contribution in [0.25, 0.3) is 16.6 Å². The average molecular weight is 588 g/mol. The van der Waals surface area contributed by atoms with Gasteiger partial charge in [0.05, 0.1) is 36.9 Å². The van der Waals surface area contributed by atoms with Gasteiger partial charge in [0.2, 0.25) is 0 Å². The fourth-order valence-electron chi connectivity index (χ4n) is 4.47. The van der Waals surface area contributed by atoms with Gasteiger partial charge in [-0.3, -0.25) is 4.18 Å². The highest BCUT2D eigenvalue weighted by atomic mass is 79.9.